The molecule has 0 heterocycles. The first-order valence-corrected chi connectivity index (χ1v) is 9.02. The monoisotopic (exact) mass is 392 g/mol. The number of aliphatic carboxylic acids is 1. The van der Waals surface area contributed by atoms with Crippen LogP contribution in [-0.4, -0.2) is 53.5 Å². The highest BCUT2D eigenvalue weighted by molar-refractivity contribution is 5.93. The lowest BCUT2D eigenvalue weighted by Crippen LogP contribution is -2.57. The fourth-order valence-corrected chi connectivity index (χ4v) is 2.49. The average molecular weight is 392 g/mol. The maximum atomic E-state index is 12.6. The van der Waals surface area contributed by atoms with Crippen LogP contribution in [0.2, 0.25) is 0 Å². The van der Waals surface area contributed by atoms with Crippen molar-refractivity contribution in [1.82, 2.24) is 16.0 Å². The average Bonchev–Trinajstić information content (AvgIpc) is 2.65. The van der Waals surface area contributed by atoms with Gasteiger partial charge in [-0.3, -0.25) is 14.4 Å². The fraction of sp³-hybridized carbons (Fsp3) is 0.474. The van der Waals surface area contributed by atoms with Gasteiger partial charge in [0.15, 0.2) is 0 Å². The van der Waals surface area contributed by atoms with Crippen LogP contribution in [0.3, 0.4) is 0 Å². The molecule has 3 unspecified atom stereocenters. The van der Waals surface area contributed by atoms with Crippen LogP contribution >= 0.6 is 0 Å². The van der Waals surface area contributed by atoms with Crippen molar-refractivity contribution in [3.8, 4) is 0 Å². The Morgan fingerprint density at radius 1 is 0.964 bits per heavy atom. The van der Waals surface area contributed by atoms with Crippen molar-refractivity contribution in [2.45, 2.75) is 45.3 Å². The Balaban J connectivity index is 2.80. The van der Waals surface area contributed by atoms with Crippen LogP contribution in [0.1, 0.15) is 26.3 Å². The first kappa shape index (κ1) is 23.1. The zero-order valence-corrected chi connectivity index (χ0v) is 16.3. The van der Waals surface area contributed by atoms with E-state index in [2.05, 4.69) is 16.0 Å². The van der Waals surface area contributed by atoms with Crippen LogP contribution in [0, 0.1) is 5.92 Å². The maximum Gasteiger partial charge on any atom is 0.326 e. The molecule has 6 N–H and O–H groups in total. The van der Waals surface area contributed by atoms with E-state index in [4.69, 9.17) is 5.73 Å². The van der Waals surface area contributed by atoms with E-state index in [1.54, 1.807) is 38.1 Å². The number of benzene rings is 1. The molecule has 0 aliphatic heterocycles. The first-order chi connectivity index (χ1) is 13.1. The molecule has 9 heteroatoms. The summed E-state index contributed by atoms with van der Waals surface area (Å²) in [5, 5.41) is 16.9. The predicted octanol–water partition coefficient (Wildman–Crippen LogP) is -0.597. The van der Waals surface area contributed by atoms with Crippen molar-refractivity contribution < 1.29 is 24.3 Å². The topological polar surface area (TPSA) is 151 Å². The molecular weight excluding hydrogens is 364 g/mol. The summed E-state index contributed by atoms with van der Waals surface area (Å²) in [5.74, 6) is -3.14. The standard InChI is InChI=1S/C19H28N4O5/c1-11(2)16(23-17(25)12(3)21-15(24)10-20)18(26)22-14(19(27)28)9-13-7-5-4-6-8-13/h4-8,11-12,14,16H,9-10,20H2,1-3H3,(H,21,24)(H,22,26)(H,23,25)(H,27,28). The molecule has 1 aromatic rings. The minimum atomic E-state index is -1.17. The van der Waals surface area contributed by atoms with Crippen LogP contribution in [0.15, 0.2) is 30.3 Å². The van der Waals surface area contributed by atoms with Gasteiger partial charge in [-0.15, -0.1) is 0 Å². The van der Waals surface area contributed by atoms with Gasteiger partial charge in [-0.05, 0) is 18.4 Å². The molecule has 9 nitrogen and oxygen atoms in total. The van der Waals surface area contributed by atoms with E-state index in [9.17, 15) is 24.3 Å². The van der Waals surface area contributed by atoms with Crippen LogP contribution in [0.25, 0.3) is 0 Å². The van der Waals surface area contributed by atoms with Gasteiger partial charge in [0, 0.05) is 6.42 Å². The Labute approximate surface area is 164 Å². The second kappa shape index (κ2) is 11.0. The number of amides is 3. The molecule has 0 aromatic heterocycles. The zero-order chi connectivity index (χ0) is 21.3. The molecule has 0 saturated carbocycles. The van der Waals surface area contributed by atoms with Crippen molar-refractivity contribution >= 4 is 23.7 Å². The molecule has 0 aliphatic carbocycles. The molecule has 0 radical (unpaired) electrons. The van der Waals surface area contributed by atoms with E-state index in [1.165, 1.54) is 6.92 Å². The number of carbonyl (C=O) groups excluding carboxylic acids is 3. The fourth-order valence-electron chi connectivity index (χ4n) is 2.49. The summed E-state index contributed by atoms with van der Waals surface area (Å²) in [7, 11) is 0. The Bertz CT molecular complexity index is 693. The normalized spacial score (nSPS) is 13.9. The highest BCUT2D eigenvalue weighted by Crippen LogP contribution is 2.07. The third-order valence-electron chi connectivity index (χ3n) is 4.10. The van der Waals surface area contributed by atoms with Crippen molar-refractivity contribution in [2.75, 3.05) is 6.54 Å². The summed E-state index contributed by atoms with van der Waals surface area (Å²) in [6.07, 6.45) is 0.115. The highest BCUT2D eigenvalue weighted by Gasteiger charge is 2.30. The number of rotatable bonds is 10. The molecule has 0 bridgehead atoms. The molecule has 0 fully saturated rings. The SMILES string of the molecule is CC(NC(=O)CN)C(=O)NC(C(=O)NC(Cc1ccccc1)C(=O)O)C(C)C. The molecule has 1 aromatic carbocycles. The van der Waals surface area contributed by atoms with E-state index in [0.717, 1.165) is 5.56 Å². The number of carboxylic acids is 1. The van der Waals surface area contributed by atoms with Gasteiger partial charge in [0.05, 0.1) is 6.54 Å². The summed E-state index contributed by atoms with van der Waals surface area (Å²) in [6, 6.07) is 5.94. The lowest BCUT2D eigenvalue weighted by Gasteiger charge is -2.25. The Hall–Kier alpha value is -2.94. The molecule has 0 spiro atoms. The van der Waals surface area contributed by atoms with Crippen molar-refractivity contribution in [2.24, 2.45) is 11.7 Å². The third kappa shape index (κ3) is 7.36. The zero-order valence-electron chi connectivity index (χ0n) is 16.3. The minimum absolute atomic E-state index is 0.115. The Kier molecular flexibility index (Phi) is 9.10. The molecule has 0 saturated heterocycles. The summed E-state index contributed by atoms with van der Waals surface area (Å²) >= 11 is 0. The van der Waals surface area contributed by atoms with Crippen molar-refractivity contribution in [3.05, 3.63) is 35.9 Å². The predicted molar refractivity (Wildman–Crippen MR) is 103 cm³/mol. The van der Waals surface area contributed by atoms with E-state index in [-0.39, 0.29) is 18.9 Å². The highest BCUT2D eigenvalue weighted by atomic mass is 16.4. The van der Waals surface area contributed by atoms with Gasteiger partial charge in [0.25, 0.3) is 0 Å². The van der Waals surface area contributed by atoms with Crippen LogP contribution in [0.5, 0.6) is 0 Å². The summed E-state index contributed by atoms with van der Waals surface area (Å²) in [5.41, 5.74) is 5.96. The first-order valence-electron chi connectivity index (χ1n) is 9.02. The maximum absolute atomic E-state index is 12.6. The van der Waals surface area contributed by atoms with Gasteiger partial charge >= 0.3 is 5.97 Å². The van der Waals surface area contributed by atoms with Gasteiger partial charge in [-0.25, -0.2) is 4.79 Å². The second-order valence-electron chi connectivity index (χ2n) is 6.81. The van der Waals surface area contributed by atoms with E-state index < -0.39 is 41.8 Å². The van der Waals surface area contributed by atoms with E-state index in [1.807, 2.05) is 6.07 Å². The molecule has 154 valence electrons. The Morgan fingerprint density at radius 2 is 1.57 bits per heavy atom. The van der Waals surface area contributed by atoms with Crippen LogP contribution < -0.4 is 21.7 Å². The van der Waals surface area contributed by atoms with Gasteiger partial charge in [-0.2, -0.15) is 0 Å². The van der Waals surface area contributed by atoms with Gasteiger partial charge in [0.1, 0.15) is 18.1 Å². The minimum Gasteiger partial charge on any atom is -0.480 e. The van der Waals surface area contributed by atoms with E-state index >= 15 is 0 Å². The molecule has 28 heavy (non-hydrogen) atoms. The molecule has 1 rings (SSSR count). The lowest BCUT2D eigenvalue weighted by molar-refractivity contribution is -0.142. The summed E-state index contributed by atoms with van der Waals surface area (Å²) < 4.78 is 0. The van der Waals surface area contributed by atoms with Gasteiger partial charge in [-0.1, -0.05) is 44.2 Å². The number of hydrogen-bond donors (Lipinski definition) is 5. The van der Waals surface area contributed by atoms with E-state index in [0.29, 0.717) is 0 Å². The third-order valence-corrected chi connectivity index (χ3v) is 4.10. The van der Waals surface area contributed by atoms with Gasteiger partial charge < -0.3 is 26.8 Å². The summed E-state index contributed by atoms with van der Waals surface area (Å²) in [4.78, 5) is 47.8. The number of nitrogens with two attached hydrogens (primary N) is 1. The van der Waals surface area contributed by atoms with Crippen LogP contribution in [-0.2, 0) is 25.6 Å². The number of carbonyl (C=O) groups is 4. The summed E-state index contributed by atoms with van der Waals surface area (Å²) in [6.45, 7) is 4.65. The second-order valence-corrected chi connectivity index (χ2v) is 6.81. The molecular formula is C19H28N4O5. The largest absolute Gasteiger partial charge is 0.480 e. The molecule has 3 amide bonds. The quantitative estimate of drug-likeness (QED) is 0.359. The van der Waals surface area contributed by atoms with Crippen molar-refractivity contribution in [3.63, 3.8) is 0 Å². The molecule has 3 atom stereocenters. The Morgan fingerprint density at radius 3 is 2.07 bits per heavy atom. The lowest BCUT2D eigenvalue weighted by atomic mass is 10.0. The number of nitrogens with one attached hydrogen (secondary N) is 3. The number of hydrogen-bond acceptors (Lipinski definition) is 5. The number of carboxylic acid groups (broad SMARTS) is 1. The van der Waals surface area contributed by atoms with Crippen molar-refractivity contribution in [1.29, 1.82) is 0 Å². The molecule has 0 aliphatic rings. The van der Waals surface area contributed by atoms with Gasteiger partial charge in [0.2, 0.25) is 17.7 Å². The van der Waals surface area contributed by atoms with Crippen LogP contribution in [0.4, 0.5) is 0 Å². The smallest absolute Gasteiger partial charge is 0.326 e.